The van der Waals surface area contributed by atoms with E-state index >= 15 is 0 Å². The Morgan fingerprint density at radius 3 is 2.70 bits per heavy atom. The predicted molar refractivity (Wildman–Crippen MR) is 83.3 cm³/mol. The fourth-order valence-corrected chi connectivity index (χ4v) is 1.84. The number of carbonyl (C=O) groups is 1. The van der Waals surface area contributed by atoms with Gasteiger partial charge in [-0.25, -0.2) is 0 Å². The Morgan fingerprint density at radius 1 is 1.25 bits per heavy atom. The topological polar surface area (TPSA) is 50.4 Å². The first-order valence-corrected chi connectivity index (χ1v) is 7.36. The summed E-state index contributed by atoms with van der Waals surface area (Å²) >= 11 is 0. The van der Waals surface area contributed by atoms with Crippen LogP contribution in [-0.2, 0) is 4.74 Å². The summed E-state index contributed by atoms with van der Waals surface area (Å²) in [5.74, 6) is -0.0377. The molecule has 0 heterocycles. The van der Waals surface area contributed by atoms with Crippen LogP contribution in [0.4, 0.5) is 5.69 Å². The molecule has 0 spiro atoms. The molecule has 4 nitrogen and oxygen atoms in total. The predicted octanol–water partition coefficient (Wildman–Crippen LogP) is 3.05. The van der Waals surface area contributed by atoms with Crippen molar-refractivity contribution in [2.24, 2.45) is 0 Å². The standard InChI is InChI=1S/C16H26N2O2/c1-4-11-20-12-7-10-17-16(19)14-8-5-6-9-15(14)18-13(2)3/h5-6,8-9,13,18H,4,7,10-12H2,1-3H3,(H,17,19). The van der Waals surface area contributed by atoms with E-state index in [1.807, 2.05) is 24.3 Å². The number of anilines is 1. The zero-order valence-electron chi connectivity index (χ0n) is 12.7. The van der Waals surface area contributed by atoms with Gasteiger partial charge in [-0.2, -0.15) is 0 Å². The summed E-state index contributed by atoms with van der Waals surface area (Å²) in [6.45, 7) is 8.31. The minimum Gasteiger partial charge on any atom is -0.382 e. The lowest BCUT2D eigenvalue weighted by Gasteiger charge is -2.14. The Bertz CT molecular complexity index is 405. The maximum atomic E-state index is 12.1. The Kier molecular flexibility index (Phi) is 7.73. The maximum absolute atomic E-state index is 12.1. The van der Waals surface area contributed by atoms with Gasteiger partial charge >= 0.3 is 0 Å². The van der Waals surface area contributed by atoms with Gasteiger partial charge in [-0.3, -0.25) is 4.79 Å². The van der Waals surface area contributed by atoms with Crippen LogP contribution in [0.15, 0.2) is 24.3 Å². The molecule has 0 fully saturated rings. The Balaban J connectivity index is 2.43. The van der Waals surface area contributed by atoms with Gasteiger partial charge in [0.1, 0.15) is 0 Å². The first kappa shape index (κ1) is 16.5. The van der Waals surface area contributed by atoms with Gasteiger partial charge < -0.3 is 15.4 Å². The second-order valence-corrected chi connectivity index (χ2v) is 5.07. The van der Waals surface area contributed by atoms with Crippen molar-refractivity contribution in [2.75, 3.05) is 25.1 Å². The molecule has 0 aliphatic carbocycles. The van der Waals surface area contributed by atoms with E-state index in [-0.39, 0.29) is 5.91 Å². The first-order valence-electron chi connectivity index (χ1n) is 7.36. The number of hydrogen-bond donors (Lipinski definition) is 2. The molecule has 1 rings (SSSR count). The molecule has 4 heteroatoms. The Labute approximate surface area is 121 Å². The lowest BCUT2D eigenvalue weighted by atomic mass is 10.1. The summed E-state index contributed by atoms with van der Waals surface area (Å²) in [6, 6.07) is 7.88. The molecule has 0 aliphatic rings. The highest BCUT2D eigenvalue weighted by atomic mass is 16.5. The van der Waals surface area contributed by atoms with Gasteiger partial charge in [0, 0.05) is 31.5 Å². The molecule has 1 aromatic carbocycles. The zero-order valence-corrected chi connectivity index (χ0v) is 12.7. The van der Waals surface area contributed by atoms with Gasteiger partial charge in [0.2, 0.25) is 0 Å². The highest BCUT2D eigenvalue weighted by Crippen LogP contribution is 2.15. The molecule has 1 aromatic rings. The van der Waals surface area contributed by atoms with E-state index in [0.29, 0.717) is 24.8 Å². The molecule has 1 amide bonds. The molecule has 0 radical (unpaired) electrons. The molecule has 112 valence electrons. The van der Waals surface area contributed by atoms with Crippen molar-refractivity contribution in [3.8, 4) is 0 Å². The average Bonchev–Trinajstić information content (AvgIpc) is 2.42. The lowest BCUT2D eigenvalue weighted by molar-refractivity contribution is 0.0942. The number of carbonyl (C=O) groups excluding carboxylic acids is 1. The molecule has 0 bridgehead atoms. The van der Waals surface area contributed by atoms with Gasteiger partial charge in [-0.15, -0.1) is 0 Å². The molecule has 0 aromatic heterocycles. The molecular weight excluding hydrogens is 252 g/mol. The smallest absolute Gasteiger partial charge is 0.253 e. The fourth-order valence-electron chi connectivity index (χ4n) is 1.84. The summed E-state index contributed by atoms with van der Waals surface area (Å²) < 4.78 is 5.38. The normalized spacial score (nSPS) is 10.6. The van der Waals surface area contributed by atoms with Crippen LogP contribution >= 0.6 is 0 Å². The number of para-hydroxylation sites is 1. The van der Waals surface area contributed by atoms with Gasteiger partial charge in [0.25, 0.3) is 5.91 Å². The van der Waals surface area contributed by atoms with Crippen LogP contribution in [0, 0.1) is 0 Å². The van der Waals surface area contributed by atoms with Crippen molar-refractivity contribution in [3.05, 3.63) is 29.8 Å². The number of rotatable bonds is 9. The number of amides is 1. The lowest BCUT2D eigenvalue weighted by Crippen LogP contribution is -2.26. The van der Waals surface area contributed by atoms with Crippen LogP contribution in [0.25, 0.3) is 0 Å². The molecule has 0 saturated carbocycles. The summed E-state index contributed by atoms with van der Waals surface area (Å²) in [5, 5.41) is 6.22. The van der Waals surface area contributed by atoms with Crippen molar-refractivity contribution in [1.82, 2.24) is 5.32 Å². The van der Waals surface area contributed by atoms with E-state index in [1.165, 1.54) is 0 Å². The third-order valence-corrected chi connectivity index (χ3v) is 2.72. The van der Waals surface area contributed by atoms with Crippen molar-refractivity contribution in [1.29, 1.82) is 0 Å². The summed E-state index contributed by atoms with van der Waals surface area (Å²) in [6.07, 6.45) is 1.87. The van der Waals surface area contributed by atoms with Gasteiger partial charge in [0.05, 0.1) is 5.56 Å². The van der Waals surface area contributed by atoms with Crippen molar-refractivity contribution >= 4 is 11.6 Å². The van der Waals surface area contributed by atoms with Crippen LogP contribution in [0.1, 0.15) is 44.0 Å². The quantitative estimate of drug-likeness (QED) is 0.683. The zero-order chi connectivity index (χ0) is 14.8. The monoisotopic (exact) mass is 278 g/mol. The fraction of sp³-hybridized carbons (Fsp3) is 0.562. The summed E-state index contributed by atoms with van der Waals surface area (Å²) in [4.78, 5) is 12.1. The highest BCUT2D eigenvalue weighted by Gasteiger charge is 2.10. The van der Waals surface area contributed by atoms with E-state index < -0.39 is 0 Å². The molecule has 20 heavy (non-hydrogen) atoms. The van der Waals surface area contributed by atoms with Gasteiger partial charge in [0.15, 0.2) is 0 Å². The van der Waals surface area contributed by atoms with E-state index in [2.05, 4.69) is 31.4 Å². The highest BCUT2D eigenvalue weighted by molar-refractivity contribution is 5.99. The van der Waals surface area contributed by atoms with Gasteiger partial charge in [-0.1, -0.05) is 19.1 Å². The average molecular weight is 278 g/mol. The Morgan fingerprint density at radius 2 is 2.00 bits per heavy atom. The molecular formula is C16H26N2O2. The van der Waals surface area contributed by atoms with Crippen LogP contribution in [0.3, 0.4) is 0 Å². The summed E-state index contributed by atoms with van der Waals surface area (Å²) in [7, 11) is 0. The molecule has 2 N–H and O–H groups in total. The largest absolute Gasteiger partial charge is 0.382 e. The number of benzene rings is 1. The third-order valence-electron chi connectivity index (χ3n) is 2.72. The molecule has 0 unspecified atom stereocenters. The molecule has 0 saturated heterocycles. The third kappa shape index (κ3) is 6.06. The van der Waals surface area contributed by atoms with E-state index in [9.17, 15) is 4.79 Å². The van der Waals surface area contributed by atoms with Crippen molar-refractivity contribution < 1.29 is 9.53 Å². The Hall–Kier alpha value is -1.55. The van der Waals surface area contributed by atoms with E-state index in [0.717, 1.165) is 25.1 Å². The van der Waals surface area contributed by atoms with E-state index in [4.69, 9.17) is 4.74 Å². The second-order valence-electron chi connectivity index (χ2n) is 5.07. The van der Waals surface area contributed by atoms with Crippen LogP contribution in [0.5, 0.6) is 0 Å². The number of nitrogens with one attached hydrogen (secondary N) is 2. The van der Waals surface area contributed by atoms with Crippen LogP contribution < -0.4 is 10.6 Å². The van der Waals surface area contributed by atoms with Crippen molar-refractivity contribution in [3.63, 3.8) is 0 Å². The van der Waals surface area contributed by atoms with E-state index in [1.54, 1.807) is 0 Å². The molecule has 0 aliphatic heterocycles. The SMILES string of the molecule is CCCOCCCNC(=O)c1ccccc1NC(C)C. The van der Waals surface area contributed by atoms with Crippen LogP contribution in [0.2, 0.25) is 0 Å². The minimum atomic E-state index is -0.0377. The number of ether oxygens (including phenoxy) is 1. The first-order chi connectivity index (χ1) is 9.65. The molecule has 0 atom stereocenters. The minimum absolute atomic E-state index is 0.0377. The maximum Gasteiger partial charge on any atom is 0.253 e. The van der Waals surface area contributed by atoms with Gasteiger partial charge in [-0.05, 0) is 38.8 Å². The van der Waals surface area contributed by atoms with Crippen LogP contribution in [-0.4, -0.2) is 31.7 Å². The second kappa shape index (κ2) is 9.37. The number of hydrogen-bond acceptors (Lipinski definition) is 3. The van der Waals surface area contributed by atoms with Crippen molar-refractivity contribution in [2.45, 2.75) is 39.7 Å². The summed E-state index contributed by atoms with van der Waals surface area (Å²) in [5.41, 5.74) is 1.57.